The van der Waals surface area contributed by atoms with Crippen molar-refractivity contribution in [3.63, 3.8) is 0 Å². The Kier molecular flexibility index (Phi) is 3.64. The quantitative estimate of drug-likeness (QED) is 0.820. The summed E-state index contributed by atoms with van der Waals surface area (Å²) in [5.41, 5.74) is 6.58. The fourth-order valence-corrected chi connectivity index (χ4v) is 2.31. The van der Waals surface area contributed by atoms with Gasteiger partial charge in [0.2, 0.25) is 5.91 Å². The molecule has 1 aromatic carbocycles. The maximum atomic E-state index is 11.2. The first-order valence-electron chi connectivity index (χ1n) is 5.87. The molecule has 17 heavy (non-hydrogen) atoms. The van der Waals surface area contributed by atoms with Crippen LogP contribution < -0.4 is 15.8 Å². The Bertz CT molecular complexity index is 389. The van der Waals surface area contributed by atoms with Gasteiger partial charge >= 0.3 is 0 Å². The number of rotatable bonds is 3. The van der Waals surface area contributed by atoms with Crippen LogP contribution in [0.15, 0.2) is 24.3 Å². The van der Waals surface area contributed by atoms with Gasteiger partial charge in [0.05, 0.1) is 13.2 Å². The number of benzene rings is 1. The first-order chi connectivity index (χ1) is 8.20. The maximum Gasteiger partial charge on any atom is 0.234 e. The Hall–Kier alpha value is -1.55. The highest BCUT2D eigenvalue weighted by Gasteiger charge is 2.25. The Labute approximate surface area is 101 Å². The molecule has 1 aliphatic rings. The topological polar surface area (TPSA) is 64.3 Å². The molecule has 1 fully saturated rings. The predicted molar refractivity (Wildman–Crippen MR) is 66.0 cm³/mol. The summed E-state index contributed by atoms with van der Waals surface area (Å²) in [5.74, 6) is 0.997. The molecular formula is C13H18N2O2. The number of hydrogen-bond acceptors (Lipinski definition) is 3. The monoisotopic (exact) mass is 234 g/mol. The third kappa shape index (κ3) is 2.77. The molecule has 0 radical (unpaired) electrons. The minimum absolute atomic E-state index is 0.198. The molecule has 92 valence electrons. The van der Waals surface area contributed by atoms with Gasteiger partial charge in [-0.2, -0.15) is 0 Å². The van der Waals surface area contributed by atoms with Crippen LogP contribution in [0.4, 0.5) is 0 Å². The van der Waals surface area contributed by atoms with E-state index in [-0.39, 0.29) is 11.9 Å². The molecule has 2 rings (SSSR count). The summed E-state index contributed by atoms with van der Waals surface area (Å²) in [6.07, 6.45) is 1.82. The van der Waals surface area contributed by atoms with E-state index >= 15 is 0 Å². The number of piperidine rings is 1. The molecule has 0 spiro atoms. The summed E-state index contributed by atoms with van der Waals surface area (Å²) in [5, 5.41) is 3.14. The second-order valence-electron chi connectivity index (χ2n) is 4.40. The van der Waals surface area contributed by atoms with E-state index in [0.29, 0.717) is 5.92 Å². The molecule has 1 heterocycles. The lowest BCUT2D eigenvalue weighted by Crippen LogP contribution is -2.46. The Morgan fingerprint density at radius 2 is 2.12 bits per heavy atom. The standard InChI is InChI=1S/C13H18N2O2/c1-17-11-4-2-9(3-5-11)10-6-7-15-12(8-10)13(14)16/h2-5,10,12,15H,6-8H2,1H3,(H2,14,16)/t10-,12+/m1/s1. The van der Waals surface area contributed by atoms with Gasteiger partial charge in [0.25, 0.3) is 0 Å². The SMILES string of the molecule is COc1ccc([C@@H]2CCN[C@H](C(N)=O)C2)cc1. The Morgan fingerprint density at radius 1 is 1.41 bits per heavy atom. The molecule has 1 amide bonds. The van der Waals surface area contributed by atoms with Crippen LogP contribution >= 0.6 is 0 Å². The molecule has 2 atom stereocenters. The zero-order valence-electron chi connectivity index (χ0n) is 9.98. The number of carbonyl (C=O) groups excluding carboxylic acids is 1. The molecule has 1 aromatic rings. The minimum atomic E-state index is -0.261. The van der Waals surface area contributed by atoms with Crippen molar-refractivity contribution in [2.24, 2.45) is 5.73 Å². The van der Waals surface area contributed by atoms with Crippen LogP contribution in [0.2, 0.25) is 0 Å². The summed E-state index contributed by atoms with van der Waals surface area (Å²) < 4.78 is 5.13. The third-order valence-corrected chi connectivity index (χ3v) is 3.33. The normalized spacial score (nSPS) is 24.3. The van der Waals surface area contributed by atoms with E-state index in [9.17, 15) is 4.79 Å². The fraction of sp³-hybridized carbons (Fsp3) is 0.462. The molecule has 1 aliphatic heterocycles. The number of ether oxygens (including phenoxy) is 1. The molecule has 0 saturated carbocycles. The van der Waals surface area contributed by atoms with Gasteiger partial charge in [-0.15, -0.1) is 0 Å². The molecule has 0 aromatic heterocycles. The number of primary amides is 1. The van der Waals surface area contributed by atoms with Crippen LogP contribution in [0.25, 0.3) is 0 Å². The van der Waals surface area contributed by atoms with E-state index in [1.165, 1.54) is 5.56 Å². The lowest BCUT2D eigenvalue weighted by molar-refractivity contribution is -0.120. The number of nitrogens with one attached hydrogen (secondary N) is 1. The smallest absolute Gasteiger partial charge is 0.234 e. The van der Waals surface area contributed by atoms with Crippen LogP contribution in [0, 0.1) is 0 Å². The molecule has 3 N–H and O–H groups in total. The van der Waals surface area contributed by atoms with Crippen molar-refractivity contribution in [1.29, 1.82) is 0 Å². The van der Waals surface area contributed by atoms with E-state index in [1.54, 1.807) is 7.11 Å². The van der Waals surface area contributed by atoms with Gasteiger partial charge in [0.15, 0.2) is 0 Å². The van der Waals surface area contributed by atoms with Gasteiger partial charge < -0.3 is 15.8 Å². The van der Waals surface area contributed by atoms with E-state index in [4.69, 9.17) is 10.5 Å². The highest BCUT2D eigenvalue weighted by Crippen LogP contribution is 2.28. The third-order valence-electron chi connectivity index (χ3n) is 3.33. The van der Waals surface area contributed by atoms with E-state index in [1.807, 2.05) is 12.1 Å². The predicted octanol–water partition coefficient (Wildman–Crippen LogP) is 1.02. The van der Waals surface area contributed by atoms with Crippen LogP contribution in [0.5, 0.6) is 5.75 Å². The van der Waals surface area contributed by atoms with Crippen LogP contribution in [0.1, 0.15) is 24.3 Å². The number of carbonyl (C=O) groups is 1. The van der Waals surface area contributed by atoms with Crippen molar-refractivity contribution < 1.29 is 9.53 Å². The van der Waals surface area contributed by atoms with Crippen molar-refractivity contribution >= 4 is 5.91 Å². The average molecular weight is 234 g/mol. The van der Waals surface area contributed by atoms with Gasteiger partial charge in [-0.3, -0.25) is 4.79 Å². The van der Waals surface area contributed by atoms with Crippen molar-refractivity contribution in [3.05, 3.63) is 29.8 Å². The summed E-state index contributed by atoms with van der Waals surface area (Å²) in [6.45, 7) is 0.838. The summed E-state index contributed by atoms with van der Waals surface area (Å²) in [4.78, 5) is 11.2. The zero-order chi connectivity index (χ0) is 12.3. The second kappa shape index (κ2) is 5.19. The molecule has 0 aliphatic carbocycles. The molecule has 0 unspecified atom stereocenters. The Morgan fingerprint density at radius 3 is 2.71 bits per heavy atom. The minimum Gasteiger partial charge on any atom is -0.497 e. The fourth-order valence-electron chi connectivity index (χ4n) is 2.31. The van der Waals surface area contributed by atoms with Crippen molar-refractivity contribution in [2.75, 3.05) is 13.7 Å². The summed E-state index contributed by atoms with van der Waals surface area (Å²) in [6, 6.07) is 7.84. The maximum absolute atomic E-state index is 11.2. The first kappa shape index (κ1) is 11.9. The molecule has 4 nitrogen and oxygen atoms in total. The highest BCUT2D eigenvalue weighted by molar-refractivity contribution is 5.80. The van der Waals surface area contributed by atoms with Crippen LogP contribution in [0.3, 0.4) is 0 Å². The van der Waals surface area contributed by atoms with Crippen molar-refractivity contribution in [1.82, 2.24) is 5.32 Å². The van der Waals surface area contributed by atoms with Gasteiger partial charge in [0.1, 0.15) is 5.75 Å². The van der Waals surface area contributed by atoms with Gasteiger partial charge in [-0.05, 0) is 43.0 Å². The summed E-state index contributed by atoms with van der Waals surface area (Å²) >= 11 is 0. The van der Waals surface area contributed by atoms with Crippen LogP contribution in [-0.4, -0.2) is 25.6 Å². The van der Waals surface area contributed by atoms with E-state index in [0.717, 1.165) is 25.1 Å². The first-order valence-corrected chi connectivity index (χ1v) is 5.87. The van der Waals surface area contributed by atoms with Gasteiger partial charge in [-0.1, -0.05) is 12.1 Å². The summed E-state index contributed by atoms with van der Waals surface area (Å²) in [7, 11) is 1.66. The molecule has 0 bridgehead atoms. The largest absolute Gasteiger partial charge is 0.497 e. The number of methoxy groups -OCH3 is 1. The Balaban J connectivity index is 2.08. The van der Waals surface area contributed by atoms with E-state index < -0.39 is 0 Å². The molecular weight excluding hydrogens is 216 g/mol. The van der Waals surface area contributed by atoms with E-state index in [2.05, 4.69) is 17.4 Å². The van der Waals surface area contributed by atoms with Gasteiger partial charge in [-0.25, -0.2) is 0 Å². The molecule has 1 saturated heterocycles. The highest BCUT2D eigenvalue weighted by atomic mass is 16.5. The van der Waals surface area contributed by atoms with Crippen molar-refractivity contribution in [3.8, 4) is 5.75 Å². The lowest BCUT2D eigenvalue weighted by atomic mass is 9.86. The average Bonchev–Trinajstić information content (AvgIpc) is 2.39. The lowest BCUT2D eigenvalue weighted by Gasteiger charge is -2.28. The van der Waals surface area contributed by atoms with Crippen LogP contribution in [-0.2, 0) is 4.79 Å². The number of amides is 1. The second-order valence-corrected chi connectivity index (χ2v) is 4.40. The number of hydrogen-bond donors (Lipinski definition) is 2. The number of nitrogens with two attached hydrogens (primary N) is 1. The zero-order valence-corrected chi connectivity index (χ0v) is 9.98. The van der Waals surface area contributed by atoms with Gasteiger partial charge in [0, 0.05) is 0 Å². The molecule has 4 heteroatoms. The van der Waals surface area contributed by atoms with Crippen molar-refractivity contribution in [2.45, 2.75) is 24.8 Å².